The predicted octanol–water partition coefficient (Wildman–Crippen LogP) is 5.58. The summed E-state index contributed by atoms with van der Waals surface area (Å²) in [5.41, 5.74) is 7.59. The minimum Gasteiger partial charge on any atom is -0.392 e. The van der Waals surface area contributed by atoms with E-state index in [9.17, 15) is 15.0 Å². The highest BCUT2D eigenvalue weighted by molar-refractivity contribution is 5.93. The quantitative estimate of drug-likeness (QED) is 0.191. The van der Waals surface area contributed by atoms with E-state index in [4.69, 9.17) is 9.47 Å². The fraction of sp³-hybridized carbons (Fsp3) is 0.308. The average molecular weight is 645 g/mol. The average Bonchev–Trinajstić information content (AvgIpc) is 3.55. The Labute approximate surface area is 280 Å². The van der Waals surface area contributed by atoms with Crippen LogP contribution in [0.25, 0.3) is 22.2 Å². The lowest BCUT2D eigenvalue weighted by molar-refractivity contribution is -0.276. The van der Waals surface area contributed by atoms with Crippen LogP contribution in [0.3, 0.4) is 0 Å². The first-order valence-electron chi connectivity index (χ1n) is 16.5. The van der Waals surface area contributed by atoms with Gasteiger partial charge in [-0.15, -0.1) is 0 Å². The molecule has 0 spiro atoms. The molecule has 2 fully saturated rings. The summed E-state index contributed by atoms with van der Waals surface area (Å²) in [6.45, 7) is 4.74. The number of hydrogen-bond donors (Lipinski definition) is 3. The maximum Gasteiger partial charge on any atom is 0.271 e. The van der Waals surface area contributed by atoms with Crippen LogP contribution in [-0.4, -0.2) is 62.8 Å². The molecule has 0 saturated carbocycles. The van der Waals surface area contributed by atoms with E-state index in [-0.39, 0.29) is 42.4 Å². The van der Waals surface area contributed by atoms with Crippen LogP contribution in [-0.2, 0) is 22.6 Å². The molecule has 5 atom stereocenters. The summed E-state index contributed by atoms with van der Waals surface area (Å²) in [5.74, 6) is -0.193. The monoisotopic (exact) mass is 644 g/mol. The summed E-state index contributed by atoms with van der Waals surface area (Å²) in [6, 6.07) is 31.7. The van der Waals surface area contributed by atoms with E-state index in [0.29, 0.717) is 18.6 Å². The number of benzene rings is 4. The Morgan fingerprint density at radius 1 is 0.896 bits per heavy atom. The van der Waals surface area contributed by atoms with Gasteiger partial charge in [-0.2, -0.15) is 0 Å². The lowest BCUT2D eigenvalue weighted by Crippen LogP contribution is -2.44. The van der Waals surface area contributed by atoms with Crippen molar-refractivity contribution in [2.75, 3.05) is 19.6 Å². The lowest BCUT2D eigenvalue weighted by Gasteiger charge is -2.42. The number of rotatable bonds is 9. The third-order valence-electron chi connectivity index (χ3n) is 9.39. The molecule has 1 aromatic heterocycles. The Kier molecular flexibility index (Phi) is 9.56. The number of fused-ring (bicyclic) bond motifs is 1. The van der Waals surface area contributed by atoms with E-state index in [1.54, 1.807) is 0 Å². The zero-order valence-electron chi connectivity index (χ0n) is 26.9. The van der Waals surface area contributed by atoms with Crippen molar-refractivity contribution in [1.29, 1.82) is 0 Å². The number of hydrogen-bond acceptors (Lipinski definition) is 8. The third kappa shape index (κ3) is 7.16. The number of amides is 1. The van der Waals surface area contributed by atoms with Gasteiger partial charge >= 0.3 is 0 Å². The number of nitrogens with zero attached hydrogens (tertiary/aromatic N) is 3. The number of aliphatic hydroxyl groups excluding tert-OH is 2. The van der Waals surface area contributed by atoms with Crippen LogP contribution < -0.4 is 5.32 Å². The number of para-hydroxylation sites is 2. The molecule has 4 aromatic carbocycles. The van der Waals surface area contributed by atoms with Gasteiger partial charge in [0.1, 0.15) is 5.69 Å². The molecule has 7 rings (SSSR count). The smallest absolute Gasteiger partial charge is 0.271 e. The number of nitrogens with one attached hydrogen (secondary N) is 1. The van der Waals surface area contributed by atoms with Crippen LogP contribution in [0.5, 0.6) is 0 Å². The SMILES string of the molecule is CC1C(CN2CCC(O)C2)OC(c2ccc(-c3cccc(CNC(=O)c4cnc5ccccc5n4)c3)cc2)OC1c1ccc(CO)cc1. The minimum absolute atomic E-state index is 0.00257. The van der Waals surface area contributed by atoms with Gasteiger partial charge in [-0.25, -0.2) is 4.98 Å². The van der Waals surface area contributed by atoms with Gasteiger partial charge in [0.15, 0.2) is 6.29 Å². The molecule has 2 aliphatic heterocycles. The highest BCUT2D eigenvalue weighted by atomic mass is 16.7. The van der Waals surface area contributed by atoms with E-state index in [1.165, 1.54) is 6.20 Å². The van der Waals surface area contributed by atoms with Gasteiger partial charge in [0.05, 0.1) is 42.1 Å². The lowest BCUT2D eigenvalue weighted by atomic mass is 9.90. The first-order valence-corrected chi connectivity index (χ1v) is 16.5. The van der Waals surface area contributed by atoms with Crippen LogP contribution >= 0.6 is 0 Å². The molecule has 246 valence electrons. The molecular formula is C39H40N4O5. The second-order valence-electron chi connectivity index (χ2n) is 12.8. The fourth-order valence-electron chi connectivity index (χ4n) is 6.59. The van der Waals surface area contributed by atoms with Crippen molar-refractivity contribution in [2.24, 2.45) is 5.92 Å². The molecule has 5 aromatic rings. The normalized spacial score (nSPS) is 22.9. The van der Waals surface area contributed by atoms with Gasteiger partial charge in [-0.1, -0.05) is 85.8 Å². The first-order chi connectivity index (χ1) is 23.4. The molecule has 48 heavy (non-hydrogen) atoms. The molecule has 2 saturated heterocycles. The second kappa shape index (κ2) is 14.3. The molecule has 5 unspecified atom stereocenters. The Morgan fingerprint density at radius 3 is 2.42 bits per heavy atom. The number of aromatic nitrogens is 2. The van der Waals surface area contributed by atoms with Gasteiger partial charge in [0, 0.05) is 37.7 Å². The van der Waals surface area contributed by atoms with Crippen molar-refractivity contribution in [3.05, 3.63) is 131 Å². The van der Waals surface area contributed by atoms with Gasteiger partial charge < -0.3 is 25.0 Å². The number of ether oxygens (including phenoxy) is 2. The number of carbonyl (C=O) groups excluding carboxylic acids is 1. The summed E-state index contributed by atoms with van der Waals surface area (Å²) in [7, 11) is 0. The third-order valence-corrected chi connectivity index (χ3v) is 9.39. The molecule has 3 N–H and O–H groups in total. The number of β-amino-alcohol motifs (C(OH)–C–C–N with tert-alkyl or cyclic N) is 1. The van der Waals surface area contributed by atoms with Gasteiger partial charge in [-0.3, -0.25) is 14.7 Å². The van der Waals surface area contributed by atoms with Crippen molar-refractivity contribution >= 4 is 16.9 Å². The van der Waals surface area contributed by atoms with E-state index in [0.717, 1.165) is 58.4 Å². The molecule has 0 aliphatic carbocycles. The summed E-state index contributed by atoms with van der Waals surface area (Å²) in [6.07, 6.45) is 1.14. The molecule has 2 aliphatic rings. The maximum absolute atomic E-state index is 12.8. The molecular weight excluding hydrogens is 604 g/mol. The van der Waals surface area contributed by atoms with Crippen LogP contribution in [0, 0.1) is 5.92 Å². The first kappa shape index (κ1) is 32.1. The number of aliphatic hydroxyl groups is 2. The standard InChI is InChI=1S/C39H40N4O5/c1-25-36(23-43-18-17-32(45)22-43)47-39(48-37(25)29-11-9-26(24-44)10-12-29)30-15-13-28(14-16-30)31-6-4-5-27(19-31)20-41-38(46)35-21-40-33-7-2-3-8-34(33)42-35/h2-16,19,21,25,32,36-37,39,44-45H,17-18,20,22-24H2,1H3,(H,41,46). The zero-order chi connectivity index (χ0) is 33.0. The Bertz CT molecular complexity index is 1870. The van der Waals surface area contributed by atoms with E-state index in [2.05, 4.69) is 51.4 Å². The van der Waals surface area contributed by atoms with Gasteiger partial charge in [0.2, 0.25) is 0 Å². The number of carbonyl (C=O) groups is 1. The van der Waals surface area contributed by atoms with Crippen LogP contribution in [0.4, 0.5) is 0 Å². The van der Waals surface area contributed by atoms with Crippen LogP contribution in [0.1, 0.15) is 58.5 Å². The topological polar surface area (TPSA) is 117 Å². The van der Waals surface area contributed by atoms with Gasteiger partial charge in [0.25, 0.3) is 5.91 Å². The van der Waals surface area contributed by atoms with E-state index >= 15 is 0 Å². The molecule has 3 heterocycles. The Morgan fingerprint density at radius 2 is 1.67 bits per heavy atom. The highest BCUT2D eigenvalue weighted by Crippen LogP contribution is 2.42. The molecule has 9 heteroatoms. The Hall–Kier alpha value is -4.51. The van der Waals surface area contributed by atoms with Crippen LogP contribution in [0.2, 0.25) is 0 Å². The van der Waals surface area contributed by atoms with Crippen molar-refractivity contribution in [2.45, 2.75) is 51.1 Å². The van der Waals surface area contributed by atoms with Crippen molar-refractivity contribution < 1.29 is 24.5 Å². The Balaban J connectivity index is 1.05. The zero-order valence-corrected chi connectivity index (χ0v) is 26.9. The molecule has 0 bridgehead atoms. The predicted molar refractivity (Wildman–Crippen MR) is 183 cm³/mol. The number of likely N-dealkylation sites (tertiary alicyclic amines) is 1. The molecule has 9 nitrogen and oxygen atoms in total. The molecule has 1 amide bonds. The maximum atomic E-state index is 12.8. The summed E-state index contributed by atoms with van der Waals surface area (Å²) in [4.78, 5) is 23.9. The molecule has 0 radical (unpaired) electrons. The van der Waals surface area contributed by atoms with Crippen molar-refractivity contribution in [3.8, 4) is 11.1 Å². The summed E-state index contributed by atoms with van der Waals surface area (Å²) >= 11 is 0. The van der Waals surface area contributed by atoms with Crippen LogP contribution in [0.15, 0.2) is 103 Å². The van der Waals surface area contributed by atoms with E-state index < -0.39 is 6.29 Å². The van der Waals surface area contributed by atoms with E-state index in [1.807, 2.05) is 72.8 Å². The second-order valence-corrected chi connectivity index (χ2v) is 12.8. The van der Waals surface area contributed by atoms with Gasteiger partial charge in [-0.05, 0) is 52.4 Å². The summed E-state index contributed by atoms with van der Waals surface area (Å²) < 4.78 is 13.3. The summed E-state index contributed by atoms with van der Waals surface area (Å²) in [5, 5.41) is 22.6. The minimum atomic E-state index is -0.560. The fourth-order valence-corrected chi connectivity index (χ4v) is 6.59. The van der Waals surface area contributed by atoms with Crippen molar-refractivity contribution in [3.63, 3.8) is 0 Å². The highest BCUT2D eigenvalue weighted by Gasteiger charge is 2.39. The van der Waals surface area contributed by atoms with Crippen molar-refractivity contribution in [1.82, 2.24) is 20.2 Å². The largest absolute Gasteiger partial charge is 0.392 e.